The van der Waals surface area contributed by atoms with E-state index in [1.807, 2.05) is 17.4 Å². The van der Waals surface area contributed by atoms with Crippen LogP contribution in [0.5, 0.6) is 0 Å². The number of nitrogens with zero attached hydrogens (tertiary/aromatic N) is 2. The molecule has 9 aromatic rings. The van der Waals surface area contributed by atoms with Gasteiger partial charge in [0.2, 0.25) is 0 Å². The first-order valence-corrected chi connectivity index (χ1v) is 18.2. The molecule has 0 radical (unpaired) electrons. The molecular weight excluding hydrogens is 637 g/mol. The molecule has 0 spiro atoms. The van der Waals surface area contributed by atoms with Gasteiger partial charge in [0.25, 0.3) is 0 Å². The highest BCUT2D eigenvalue weighted by molar-refractivity contribution is 7.25. The highest BCUT2D eigenvalue weighted by Crippen LogP contribution is 2.55. The molecule has 1 unspecified atom stereocenters. The van der Waals surface area contributed by atoms with Gasteiger partial charge in [-0.3, -0.25) is 0 Å². The summed E-state index contributed by atoms with van der Waals surface area (Å²) in [6.45, 7) is 2.38. The Bertz CT molecular complexity index is 2750. The van der Waals surface area contributed by atoms with E-state index in [1.165, 1.54) is 59.1 Å². The van der Waals surface area contributed by atoms with E-state index in [2.05, 4.69) is 177 Å². The number of aromatic nitrogens is 2. The normalized spacial score (nSPS) is 14.8. The van der Waals surface area contributed by atoms with Gasteiger partial charge in [-0.25, -0.2) is 9.97 Å². The number of rotatable bonds is 5. The van der Waals surface area contributed by atoms with Crippen LogP contribution in [-0.2, 0) is 5.41 Å². The van der Waals surface area contributed by atoms with Crippen molar-refractivity contribution < 1.29 is 0 Å². The Morgan fingerprint density at radius 2 is 1.06 bits per heavy atom. The van der Waals surface area contributed by atoms with Crippen LogP contribution in [0.25, 0.3) is 76.3 Å². The summed E-state index contributed by atoms with van der Waals surface area (Å²) in [7, 11) is 0. The summed E-state index contributed by atoms with van der Waals surface area (Å²) in [5.74, 6) is 0.722. The van der Waals surface area contributed by atoms with Gasteiger partial charge in [0.15, 0.2) is 5.82 Å². The molecule has 51 heavy (non-hydrogen) atoms. The molecule has 0 saturated heterocycles. The predicted octanol–water partition coefficient (Wildman–Crippen LogP) is 12.8. The second kappa shape index (κ2) is 11.7. The smallest absolute Gasteiger partial charge is 0.160 e. The molecule has 2 aromatic heterocycles. The number of thiophene rings is 1. The summed E-state index contributed by atoms with van der Waals surface area (Å²) in [6.07, 6.45) is 0. The molecule has 1 atom stereocenters. The van der Waals surface area contributed by atoms with Crippen LogP contribution < -0.4 is 0 Å². The lowest BCUT2D eigenvalue weighted by atomic mass is 9.73. The first-order chi connectivity index (χ1) is 25.1. The van der Waals surface area contributed by atoms with Crippen LogP contribution in [0, 0.1) is 0 Å². The van der Waals surface area contributed by atoms with Gasteiger partial charge >= 0.3 is 0 Å². The molecule has 1 aliphatic carbocycles. The maximum Gasteiger partial charge on any atom is 0.160 e. The Hall–Kier alpha value is -6.16. The molecule has 0 aliphatic heterocycles. The molecule has 0 fully saturated rings. The van der Waals surface area contributed by atoms with Gasteiger partial charge in [0.05, 0.1) is 11.4 Å². The molecule has 0 N–H and O–H groups in total. The quantitative estimate of drug-likeness (QED) is 0.182. The third-order valence-corrected chi connectivity index (χ3v) is 11.7. The molecule has 0 saturated carbocycles. The summed E-state index contributed by atoms with van der Waals surface area (Å²) in [6, 6.07) is 63.3. The van der Waals surface area contributed by atoms with Crippen molar-refractivity contribution in [2.75, 3.05) is 0 Å². The zero-order valence-corrected chi connectivity index (χ0v) is 28.9. The number of fused-ring (bicyclic) bond motifs is 6. The van der Waals surface area contributed by atoms with E-state index < -0.39 is 0 Å². The van der Waals surface area contributed by atoms with Crippen molar-refractivity contribution in [2.24, 2.45) is 0 Å². The monoisotopic (exact) mass is 668 g/mol. The van der Waals surface area contributed by atoms with Gasteiger partial charge < -0.3 is 0 Å². The average molecular weight is 669 g/mol. The fraction of sp³-hybridized carbons (Fsp3) is 0.0417. The minimum Gasteiger partial charge on any atom is -0.228 e. The van der Waals surface area contributed by atoms with Crippen LogP contribution in [-0.4, -0.2) is 9.97 Å². The number of hydrogen-bond acceptors (Lipinski definition) is 3. The summed E-state index contributed by atoms with van der Waals surface area (Å²) in [5, 5.41) is 2.54. The lowest BCUT2D eigenvalue weighted by Gasteiger charge is -2.28. The van der Waals surface area contributed by atoms with E-state index in [4.69, 9.17) is 9.97 Å². The SMILES string of the molecule is CC1(c2ccccc2)c2cc(-c3cc(-c4ccc5sc6ccccc6c5c4)nc(-c4ccccc4)n3)ccc2-c2c(-c3ccccc3)cccc21. The van der Waals surface area contributed by atoms with Crippen LogP contribution in [0.15, 0.2) is 176 Å². The summed E-state index contributed by atoms with van der Waals surface area (Å²) < 4.78 is 2.58. The minimum atomic E-state index is -0.351. The van der Waals surface area contributed by atoms with Crippen molar-refractivity contribution in [2.45, 2.75) is 12.3 Å². The van der Waals surface area contributed by atoms with Crippen molar-refractivity contribution in [1.82, 2.24) is 9.97 Å². The zero-order valence-electron chi connectivity index (χ0n) is 28.0. The summed E-state index contributed by atoms with van der Waals surface area (Å²) >= 11 is 1.84. The van der Waals surface area contributed by atoms with Gasteiger partial charge in [-0.2, -0.15) is 0 Å². The topological polar surface area (TPSA) is 25.8 Å². The van der Waals surface area contributed by atoms with Crippen molar-refractivity contribution in [3.05, 3.63) is 193 Å². The van der Waals surface area contributed by atoms with E-state index in [9.17, 15) is 0 Å². The number of benzene rings is 7. The molecule has 240 valence electrons. The van der Waals surface area contributed by atoms with Crippen molar-refractivity contribution in [3.8, 4) is 56.2 Å². The molecule has 0 amide bonds. The highest BCUT2D eigenvalue weighted by atomic mass is 32.1. The second-order valence-corrected chi connectivity index (χ2v) is 14.6. The molecular formula is C48H32N2S. The van der Waals surface area contributed by atoms with Gasteiger partial charge in [0, 0.05) is 42.3 Å². The van der Waals surface area contributed by atoms with Crippen LogP contribution >= 0.6 is 11.3 Å². The Morgan fingerprint density at radius 3 is 1.82 bits per heavy atom. The van der Waals surface area contributed by atoms with E-state index >= 15 is 0 Å². The van der Waals surface area contributed by atoms with Crippen LogP contribution in [0.3, 0.4) is 0 Å². The Morgan fingerprint density at radius 1 is 0.431 bits per heavy atom. The fourth-order valence-electron chi connectivity index (χ4n) is 8.02. The van der Waals surface area contributed by atoms with Crippen molar-refractivity contribution in [1.29, 1.82) is 0 Å². The lowest BCUT2D eigenvalue weighted by Crippen LogP contribution is -2.22. The van der Waals surface area contributed by atoms with Crippen LogP contribution in [0.2, 0.25) is 0 Å². The van der Waals surface area contributed by atoms with Crippen LogP contribution in [0.1, 0.15) is 23.6 Å². The van der Waals surface area contributed by atoms with E-state index in [1.54, 1.807) is 0 Å². The Labute approximate surface area is 301 Å². The highest BCUT2D eigenvalue weighted by Gasteiger charge is 2.42. The van der Waals surface area contributed by atoms with Gasteiger partial charge in [-0.05, 0) is 76.2 Å². The predicted molar refractivity (Wildman–Crippen MR) is 214 cm³/mol. The summed E-state index contributed by atoms with van der Waals surface area (Å²) in [4.78, 5) is 10.4. The molecule has 1 aliphatic rings. The molecule has 7 aromatic carbocycles. The minimum absolute atomic E-state index is 0.351. The second-order valence-electron chi connectivity index (χ2n) is 13.5. The van der Waals surface area contributed by atoms with Crippen molar-refractivity contribution in [3.63, 3.8) is 0 Å². The molecule has 3 heteroatoms. The third kappa shape index (κ3) is 4.77. The lowest BCUT2D eigenvalue weighted by molar-refractivity contribution is 0.714. The molecule has 0 bridgehead atoms. The van der Waals surface area contributed by atoms with E-state index in [0.29, 0.717) is 0 Å². The standard InChI is InChI=1S/C48H32N2S/c1-48(35-18-9-4-10-19-35)40-22-13-21-36(31-14-5-2-6-15-31)46(40)38-26-24-34(29-41(38)48)43-30-42(49-47(50-43)32-16-7-3-8-17-32)33-25-27-45-39(28-33)37-20-11-12-23-44(37)51-45/h2-30H,1H3. The third-order valence-electron chi connectivity index (χ3n) is 10.6. The molecule has 10 rings (SSSR count). The maximum absolute atomic E-state index is 5.25. The first kappa shape index (κ1) is 29.7. The van der Waals surface area contributed by atoms with Gasteiger partial charge in [0.1, 0.15) is 0 Å². The van der Waals surface area contributed by atoms with Crippen LogP contribution in [0.4, 0.5) is 0 Å². The van der Waals surface area contributed by atoms with Crippen molar-refractivity contribution >= 4 is 31.5 Å². The Kier molecular flexibility index (Phi) is 6.83. The van der Waals surface area contributed by atoms with E-state index in [-0.39, 0.29) is 5.41 Å². The largest absolute Gasteiger partial charge is 0.228 e. The Balaban J connectivity index is 1.19. The first-order valence-electron chi connectivity index (χ1n) is 17.4. The fourth-order valence-corrected chi connectivity index (χ4v) is 9.11. The van der Waals surface area contributed by atoms with Gasteiger partial charge in [-0.15, -0.1) is 11.3 Å². The average Bonchev–Trinajstić information content (AvgIpc) is 3.71. The maximum atomic E-state index is 5.25. The number of hydrogen-bond donors (Lipinski definition) is 0. The zero-order chi connectivity index (χ0) is 33.9. The van der Waals surface area contributed by atoms with Gasteiger partial charge in [-0.1, -0.05) is 146 Å². The summed E-state index contributed by atoms with van der Waals surface area (Å²) in [5.41, 5.74) is 13.6. The molecule has 2 nitrogen and oxygen atoms in total. The van der Waals surface area contributed by atoms with E-state index in [0.717, 1.165) is 33.9 Å². The molecule has 2 heterocycles.